The lowest BCUT2D eigenvalue weighted by molar-refractivity contribution is -0.151. The van der Waals surface area contributed by atoms with Gasteiger partial charge in [-0.2, -0.15) is 0 Å². The number of carbonyl (C=O) groups is 3. The summed E-state index contributed by atoms with van der Waals surface area (Å²) in [6.07, 6.45) is 0.185. The summed E-state index contributed by atoms with van der Waals surface area (Å²) in [6.45, 7) is -0.0744. The second kappa shape index (κ2) is 8.95. The van der Waals surface area contributed by atoms with Crippen molar-refractivity contribution in [2.24, 2.45) is 0 Å². The molecule has 2 N–H and O–H groups in total. The normalized spacial score (nSPS) is 20.1. The van der Waals surface area contributed by atoms with Crippen LogP contribution in [0.5, 0.6) is 0 Å². The molecule has 0 unspecified atom stereocenters. The van der Waals surface area contributed by atoms with E-state index in [2.05, 4.69) is 5.32 Å². The number of ether oxygens (including phenoxy) is 1. The zero-order chi connectivity index (χ0) is 22.0. The van der Waals surface area contributed by atoms with Crippen molar-refractivity contribution in [3.8, 4) is 0 Å². The van der Waals surface area contributed by atoms with Crippen LogP contribution in [0, 0.1) is 0 Å². The molecule has 4 rings (SSSR count). The standard InChI is InChI=1S/C23H22N2O5S/c1-30-23(29)20-17(16-9-7-15(12-26)8-10-16)13-31-22-19(21(28)25(20)22)24-18(27)11-14-5-3-2-4-6-14/h2-10,19,22,26H,11-13H2,1H3,(H,24,27)/t19-,22-/m1/s1. The minimum absolute atomic E-state index is 0.0744. The number of aliphatic hydroxyl groups excluding tert-OH is 1. The molecule has 2 aromatic carbocycles. The van der Waals surface area contributed by atoms with Gasteiger partial charge < -0.3 is 15.2 Å². The van der Waals surface area contributed by atoms with Gasteiger partial charge in [0.1, 0.15) is 17.1 Å². The molecule has 2 atom stereocenters. The van der Waals surface area contributed by atoms with Crippen LogP contribution < -0.4 is 5.32 Å². The van der Waals surface area contributed by atoms with Crippen molar-refractivity contribution >= 4 is 35.1 Å². The number of methoxy groups -OCH3 is 1. The van der Waals surface area contributed by atoms with Crippen molar-refractivity contribution in [2.75, 3.05) is 12.9 Å². The second-order valence-electron chi connectivity index (χ2n) is 7.29. The first-order chi connectivity index (χ1) is 15.0. The predicted octanol–water partition coefficient (Wildman–Crippen LogP) is 1.71. The highest BCUT2D eigenvalue weighted by Crippen LogP contribution is 2.43. The van der Waals surface area contributed by atoms with E-state index in [0.29, 0.717) is 11.3 Å². The number of hydrogen-bond acceptors (Lipinski definition) is 6. The summed E-state index contributed by atoms with van der Waals surface area (Å²) < 4.78 is 4.96. The maximum absolute atomic E-state index is 12.9. The zero-order valence-electron chi connectivity index (χ0n) is 16.9. The first-order valence-corrected chi connectivity index (χ1v) is 10.9. The van der Waals surface area contributed by atoms with Gasteiger partial charge in [-0.05, 0) is 16.7 Å². The molecule has 2 amide bonds. The van der Waals surface area contributed by atoms with E-state index in [9.17, 15) is 19.5 Å². The smallest absolute Gasteiger partial charge is 0.355 e. The number of thioether (sulfide) groups is 1. The minimum atomic E-state index is -0.681. The molecule has 2 aliphatic heterocycles. The molecule has 0 aromatic heterocycles. The number of hydrogen-bond donors (Lipinski definition) is 2. The highest BCUT2D eigenvalue weighted by Gasteiger charge is 2.54. The summed E-state index contributed by atoms with van der Waals surface area (Å²) in [7, 11) is 1.28. The number of nitrogens with one attached hydrogen (secondary N) is 1. The molecule has 2 heterocycles. The Labute approximate surface area is 184 Å². The third-order valence-corrected chi connectivity index (χ3v) is 6.64. The largest absolute Gasteiger partial charge is 0.464 e. The summed E-state index contributed by atoms with van der Waals surface area (Å²) in [5, 5.41) is 11.7. The van der Waals surface area contributed by atoms with Crippen molar-refractivity contribution in [1.82, 2.24) is 10.2 Å². The van der Waals surface area contributed by atoms with E-state index < -0.39 is 12.0 Å². The molecular formula is C23H22N2O5S. The van der Waals surface area contributed by atoms with Gasteiger partial charge in [-0.25, -0.2) is 4.79 Å². The first-order valence-electron chi connectivity index (χ1n) is 9.83. The lowest BCUT2D eigenvalue weighted by Crippen LogP contribution is -2.70. The Morgan fingerprint density at radius 1 is 1.13 bits per heavy atom. The molecule has 0 spiro atoms. The van der Waals surface area contributed by atoms with Gasteiger partial charge in [0.2, 0.25) is 5.91 Å². The summed E-state index contributed by atoms with van der Waals surface area (Å²) in [5.74, 6) is -0.668. The lowest BCUT2D eigenvalue weighted by atomic mass is 9.98. The lowest BCUT2D eigenvalue weighted by Gasteiger charge is -2.49. The van der Waals surface area contributed by atoms with Gasteiger partial charge >= 0.3 is 5.97 Å². The number of esters is 1. The quantitative estimate of drug-likeness (QED) is 0.527. The molecule has 8 heteroatoms. The number of amides is 2. The summed E-state index contributed by atoms with van der Waals surface area (Å²) in [4.78, 5) is 39.3. The molecule has 31 heavy (non-hydrogen) atoms. The predicted molar refractivity (Wildman–Crippen MR) is 116 cm³/mol. The Morgan fingerprint density at radius 3 is 2.48 bits per heavy atom. The molecule has 2 aliphatic rings. The molecule has 0 aliphatic carbocycles. The molecule has 160 valence electrons. The topological polar surface area (TPSA) is 95.9 Å². The highest BCUT2D eigenvalue weighted by molar-refractivity contribution is 8.00. The number of nitrogens with zero attached hydrogens (tertiary/aromatic N) is 1. The summed E-state index contributed by atoms with van der Waals surface area (Å²) >= 11 is 1.49. The van der Waals surface area contributed by atoms with Gasteiger partial charge in [0.25, 0.3) is 5.91 Å². The van der Waals surface area contributed by atoms with Gasteiger partial charge in [-0.3, -0.25) is 14.5 Å². The number of rotatable bonds is 6. The van der Waals surface area contributed by atoms with Crippen molar-refractivity contribution in [3.63, 3.8) is 0 Å². The van der Waals surface area contributed by atoms with E-state index in [1.54, 1.807) is 12.1 Å². The van der Waals surface area contributed by atoms with Crippen LogP contribution in [0.15, 0.2) is 60.3 Å². The summed E-state index contributed by atoms with van der Waals surface area (Å²) in [5.41, 5.74) is 3.31. The van der Waals surface area contributed by atoms with Crippen LogP contribution in [0.25, 0.3) is 5.57 Å². The molecule has 2 aromatic rings. The van der Waals surface area contributed by atoms with E-state index in [4.69, 9.17) is 4.74 Å². The van der Waals surface area contributed by atoms with Gasteiger partial charge in [-0.1, -0.05) is 54.6 Å². The third-order valence-electron chi connectivity index (χ3n) is 5.36. The molecule has 7 nitrogen and oxygen atoms in total. The Balaban J connectivity index is 1.55. The maximum atomic E-state index is 12.9. The number of carbonyl (C=O) groups excluding carboxylic acids is 3. The zero-order valence-corrected chi connectivity index (χ0v) is 17.7. The first kappa shape index (κ1) is 21.1. The van der Waals surface area contributed by atoms with E-state index in [-0.39, 0.29) is 35.9 Å². The Hall–Kier alpha value is -3.10. The fourth-order valence-corrected chi connectivity index (χ4v) is 5.12. The number of benzene rings is 2. The second-order valence-corrected chi connectivity index (χ2v) is 8.40. The van der Waals surface area contributed by atoms with Crippen LogP contribution in [-0.4, -0.2) is 52.1 Å². The van der Waals surface area contributed by atoms with E-state index >= 15 is 0 Å². The van der Waals surface area contributed by atoms with Crippen LogP contribution in [0.2, 0.25) is 0 Å². The average molecular weight is 439 g/mol. The Bertz CT molecular complexity index is 1040. The average Bonchev–Trinajstić information content (AvgIpc) is 2.81. The molecule has 1 fully saturated rings. The highest BCUT2D eigenvalue weighted by atomic mass is 32.2. The van der Waals surface area contributed by atoms with Gasteiger partial charge in [0.15, 0.2) is 0 Å². The summed E-state index contributed by atoms with van der Waals surface area (Å²) in [6, 6.07) is 15.8. The third kappa shape index (κ3) is 4.08. The van der Waals surface area contributed by atoms with Crippen LogP contribution in [-0.2, 0) is 32.1 Å². The van der Waals surface area contributed by atoms with Crippen LogP contribution >= 0.6 is 11.8 Å². The van der Waals surface area contributed by atoms with Crippen molar-refractivity contribution < 1.29 is 24.2 Å². The number of β-lactam (4-membered cyclic amide) rings is 1. The number of fused-ring (bicyclic) bond motifs is 1. The fraction of sp³-hybridized carbons (Fsp3) is 0.261. The SMILES string of the molecule is COC(=O)C1=C(c2ccc(CO)cc2)CS[C@@H]2[C@H](NC(=O)Cc3ccccc3)C(=O)N12. The molecule has 0 bridgehead atoms. The molecule has 0 saturated carbocycles. The molecule has 1 saturated heterocycles. The van der Waals surface area contributed by atoms with E-state index in [1.807, 2.05) is 42.5 Å². The van der Waals surface area contributed by atoms with Crippen molar-refractivity contribution in [1.29, 1.82) is 0 Å². The van der Waals surface area contributed by atoms with Gasteiger partial charge in [0.05, 0.1) is 20.1 Å². The van der Waals surface area contributed by atoms with Crippen LogP contribution in [0.1, 0.15) is 16.7 Å². The van der Waals surface area contributed by atoms with Crippen LogP contribution in [0.3, 0.4) is 0 Å². The monoisotopic (exact) mass is 438 g/mol. The Morgan fingerprint density at radius 2 is 1.84 bits per heavy atom. The fourth-order valence-electron chi connectivity index (χ4n) is 3.74. The van der Waals surface area contributed by atoms with Crippen LogP contribution in [0.4, 0.5) is 0 Å². The van der Waals surface area contributed by atoms with Gasteiger partial charge in [-0.15, -0.1) is 11.8 Å². The Kier molecular flexibility index (Phi) is 6.11. The van der Waals surface area contributed by atoms with E-state index in [0.717, 1.165) is 16.7 Å². The van der Waals surface area contributed by atoms with E-state index in [1.165, 1.54) is 23.8 Å². The van der Waals surface area contributed by atoms with Crippen molar-refractivity contribution in [3.05, 3.63) is 77.0 Å². The minimum Gasteiger partial charge on any atom is -0.464 e. The molecular weight excluding hydrogens is 416 g/mol. The van der Waals surface area contributed by atoms with Gasteiger partial charge in [0, 0.05) is 11.3 Å². The van der Waals surface area contributed by atoms with Crippen molar-refractivity contribution in [2.45, 2.75) is 24.4 Å². The number of aliphatic hydroxyl groups is 1. The molecule has 0 radical (unpaired) electrons. The maximum Gasteiger partial charge on any atom is 0.355 e.